The summed E-state index contributed by atoms with van der Waals surface area (Å²) in [5.74, 6) is 0.0485. The molecule has 0 bridgehead atoms. The topological polar surface area (TPSA) is 35.6 Å². The fraction of sp³-hybridized carbons (Fsp3) is 0.409. The Hall–Kier alpha value is -2.49. The molecule has 2 aliphatic heterocycles. The zero-order valence-corrected chi connectivity index (χ0v) is 15.3. The van der Waals surface area contributed by atoms with Gasteiger partial charge in [-0.15, -0.1) is 0 Å². The molecule has 1 amide bonds. The van der Waals surface area contributed by atoms with Gasteiger partial charge in [-0.3, -0.25) is 4.79 Å². The normalized spacial score (nSPS) is 16.9. The first-order chi connectivity index (χ1) is 12.8. The highest BCUT2D eigenvalue weighted by Gasteiger charge is 2.18. The third-order valence-corrected chi connectivity index (χ3v) is 5.41. The molecule has 2 aliphatic rings. The largest absolute Gasteiger partial charge is 0.372 e. The van der Waals surface area contributed by atoms with Crippen molar-refractivity contribution < 1.29 is 4.79 Å². The molecule has 4 heteroatoms. The van der Waals surface area contributed by atoms with E-state index in [0.717, 1.165) is 38.2 Å². The van der Waals surface area contributed by atoms with Gasteiger partial charge in [0.15, 0.2) is 0 Å². The van der Waals surface area contributed by atoms with Gasteiger partial charge in [0.2, 0.25) is 5.91 Å². The van der Waals surface area contributed by atoms with Gasteiger partial charge in [0, 0.05) is 36.7 Å². The second-order valence-electron chi connectivity index (χ2n) is 7.30. The van der Waals surface area contributed by atoms with Gasteiger partial charge in [-0.2, -0.15) is 0 Å². The molecule has 1 fully saturated rings. The monoisotopic (exact) mass is 349 g/mol. The lowest BCUT2D eigenvalue weighted by molar-refractivity contribution is -0.115. The van der Waals surface area contributed by atoms with E-state index >= 15 is 0 Å². The third-order valence-electron chi connectivity index (χ3n) is 5.41. The zero-order valence-electron chi connectivity index (χ0n) is 15.3. The van der Waals surface area contributed by atoms with Crippen LogP contribution in [0, 0.1) is 0 Å². The van der Waals surface area contributed by atoms with Crippen molar-refractivity contribution in [2.75, 3.05) is 41.3 Å². The summed E-state index contributed by atoms with van der Waals surface area (Å²) in [7, 11) is 0. The average Bonchev–Trinajstić information content (AvgIpc) is 2.69. The first-order valence-corrected chi connectivity index (χ1v) is 9.77. The molecule has 1 N–H and O–H groups in total. The standard InChI is InChI=1S/C22H27N3O/c26-22(17-25-16-6-8-18-7-2-3-9-21(18)25)23-19-10-12-20(13-11-19)24-14-4-1-5-15-24/h2-3,7,9-13H,1,4-6,8,14-17H2,(H,23,26). The number of hydrogen-bond donors (Lipinski definition) is 1. The summed E-state index contributed by atoms with van der Waals surface area (Å²) in [5.41, 5.74) is 4.68. The number of carbonyl (C=O) groups is 1. The van der Waals surface area contributed by atoms with E-state index in [0.29, 0.717) is 6.54 Å². The molecule has 0 spiro atoms. The van der Waals surface area contributed by atoms with Crippen LogP contribution in [0.5, 0.6) is 0 Å². The summed E-state index contributed by atoms with van der Waals surface area (Å²) < 4.78 is 0. The maximum atomic E-state index is 12.5. The van der Waals surface area contributed by atoms with Gasteiger partial charge in [-0.25, -0.2) is 0 Å². The fourth-order valence-corrected chi connectivity index (χ4v) is 4.06. The van der Waals surface area contributed by atoms with E-state index in [1.165, 1.54) is 36.2 Å². The van der Waals surface area contributed by atoms with E-state index < -0.39 is 0 Å². The van der Waals surface area contributed by atoms with Crippen molar-refractivity contribution in [3.8, 4) is 0 Å². The molecule has 2 aromatic carbocycles. The molecule has 4 rings (SSSR count). The Labute approximate surface area is 155 Å². The Bertz CT molecular complexity index is 750. The zero-order chi connectivity index (χ0) is 17.8. The molecule has 136 valence electrons. The van der Waals surface area contributed by atoms with Crippen molar-refractivity contribution in [1.29, 1.82) is 0 Å². The Morgan fingerprint density at radius 3 is 2.46 bits per heavy atom. The van der Waals surface area contributed by atoms with E-state index in [-0.39, 0.29) is 5.91 Å². The van der Waals surface area contributed by atoms with Crippen LogP contribution >= 0.6 is 0 Å². The maximum Gasteiger partial charge on any atom is 0.243 e. The number of hydrogen-bond acceptors (Lipinski definition) is 3. The number of fused-ring (bicyclic) bond motifs is 1. The molecule has 26 heavy (non-hydrogen) atoms. The Balaban J connectivity index is 1.36. The predicted octanol–water partition coefficient (Wildman–Crippen LogP) is 4.07. The van der Waals surface area contributed by atoms with Gasteiger partial charge in [0.1, 0.15) is 0 Å². The third kappa shape index (κ3) is 3.85. The Kier molecular flexibility index (Phi) is 5.09. The van der Waals surface area contributed by atoms with E-state index in [9.17, 15) is 4.79 Å². The predicted molar refractivity (Wildman–Crippen MR) is 108 cm³/mol. The van der Waals surface area contributed by atoms with Crippen LogP contribution in [-0.2, 0) is 11.2 Å². The number of aryl methyl sites for hydroxylation is 1. The molecular weight excluding hydrogens is 322 g/mol. The summed E-state index contributed by atoms with van der Waals surface area (Å²) in [6, 6.07) is 16.7. The van der Waals surface area contributed by atoms with Crippen molar-refractivity contribution >= 4 is 23.0 Å². The summed E-state index contributed by atoms with van der Waals surface area (Å²) in [5, 5.41) is 3.05. The highest BCUT2D eigenvalue weighted by molar-refractivity contribution is 5.94. The minimum Gasteiger partial charge on any atom is -0.372 e. The van der Waals surface area contributed by atoms with Crippen LogP contribution in [0.2, 0.25) is 0 Å². The molecule has 0 unspecified atom stereocenters. The highest BCUT2D eigenvalue weighted by atomic mass is 16.2. The van der Waals surface area contributed by atoms with Crippen LogP contribution < -0.4 is 15.1 Å². The van der Waals surface area contributed by atoms with E-state index in [4.69, 9.17) is 0 Å². The van der Waals surface area contributed by atoms with Crippen LogP contribution in [0.4, 0.5) is 17.1 Å². The number of nitrogens with zero attached hydrogens (tertiary/aromatic N) is 2. The molecular formula is C22H27N3O. The number of para-hydroxylation sites is 1. The molecule has 2 aromatic rings. The molecule has 4 nitrogen and oxygen atoms in total. The van der Waals surface area contributed by atoms with Gasteiger partial charge >= 0.3 is 0 Å². The number of carbonyl (C=O) groups excluding carboxylic acids is 1. The number of piperidine rings is 1. The Morgan fingerprint density at radius 1 is 0.885 bits per heavy atom. The summed E-state index contributed by atoms with van der Waals surface area (Å²) in [6.07, 6.45) is 6.09. The lowest BCUT2D eigenvalue weighted by Crippen LogP contribution is -2.36. The van der Waals surface area contributed by atoms with Gasteiger partial charge in [0.25, 0.3) is 0 Å². The molecule has 0 saturated carbocycles. The lowest BCUT2D eigenvalue weighted by Gasteiger charge is -2.30. The summed E-state index contributed by atoms with van der Waals surface area (Å²) in [4.78, 5) is 17.1. The van der Waals surface area contributed by atoms with Gasteiger partial charge in [-0.1, -0.05) is 18.2 Å². The summed E-state index contributed by atoms with van der Waals surface area (Å²) >= 11 is 0. The SMILES string of the molecule is O=C(CN1CCCc2ccccc21)Nc1ccc(N2CCCCC2)cc1. The number of rotatable bonds is 4. The number of amides is 1. The molecule has 0 atom stereocenters. The van der Waals surface area contributed by atoms with Crippen molar-refractivity contribution in [1.82, 2.24) is 0 Å². The van der Waals surface area contributed by atoms with E-state index in [1.54, 1.807) is 0 Å². The summed E-state index contributed by atoms with van der Waals surface area (Å²) in [6.45, 7) is 3.63. The minimum absolute atomic E-state index is 0.0485. The van der Waals surface area contributed by atoms with Crippen molar-refractivity contribution in [3.05, 3.63) is 54.1 Å². The second-order valence-corrected chi connectivity index (χ2v) is 7.30. The van der Waals surface area contributed by atoms with E-state index in [2.05, 4.69) is 45.4 Å². The quantitative estimate of drug-likeness (QED) is 0.904. The number of nitrogens with one attached hydrogen (secondary N) is 1. The van der Waals surface area contributed by atoms with Crippen LogP contribution in [0.25, 0.3) is 0 Å². The lowest BCUT2D eigenvalue weighted by atomic mass is 10.0. The van der Waals surface area contributed by atoms with E-state index in [1.807, 2.05) is 18.2 Å². The number of benzene rings is 2. The first kappa shape index (κ1) is 17.0. The van der Waals surface area contributed by atoms with Crippen LogP contribution in [-0.4, -0.2) is 32.1 Å². The highest BCUT2D eigenvalue weighted by Crippen LogP contribution is 2.26. The smallest absolute Gasteiger partial charge is 0.243 e. The fourth-order valence-electron chi connectivity index (χ4n) is 4.06. The first-order valence-electron chi connectivity index (χ1n) is 9.77. The van der Waals surface area contributed by atoms with Crippen molar-refractivity contribution in [2.45, 2.75) is 32.1 Å². The van der Waals surface area contributed by atoms with Crippen LogP contribution in [0.3, 0.4) is 0 Å². The molecule has 0 aromatic heterocycles. The number of anilines is 3. The minimum atomic E-state index is 0.0485. The second kappa shape index (κ2) is 7.81. The maximum absolute atomic E-state index is 12.5. The molecule has 0 aliphatic carbocycles. The molecule has 1 saturated heterocycles. The van der Waals surface area contributed by atoms with Gasteiger partial charge in [0.05, 0.1) is 6.54 Å². The van der Waals surface area contributed by atoms with Crippen molar-refractivity contribution in [2.24, 2.45) is 0 Å². The Morgan fingerprint density at radius 2 is 1.65 bits per heavy atom. The molecule has 2 heterocycles. The van der Waals surface area contributed by atoms with Crippen LogP contribution in [0.15, 0.2) is 48.5 Å². The average molecular weight is 349 g/mol. The van der Waals surface area contributed by atoms with Crippen LogP contribution in [0.1, 0.15) is 31.2 Å². The van der Waals surface area contributed by atoms with Gasteiger partial charge in [-0.05, 0) is 68.0 Å². The molecule has 0 radical (unpaired) electrons. The van der Waals surface area contributed by atoms with Crippen molar-refractivity contribution in [3.63, 3.8) is 0 Å². The van der Waals surface area contributed by atoms with Gasteiger partial charge < -0.3 is 15.1 Å².